The summed E-state index contributed by atoms with van der Waals surface area (Å²) in [7, 11) is 0. The Hall–Kier alpha value is -5.12. The number of aromatic nitrogens is 4. The van der Waals surface area contributed by atoms with E-state index in [1.165, 1.54) is 0 Å². The molecule has 254 valence electrons. The second-order valence-corrected chi connectivity index (χ2v) is 13.7. The molecule has 50 heavy (non-hydrogen) atoms. The Morgan fingerprint density at radius 2 is 1.70 bits per heavy atom. The number of likely N-dealkylation sites (tertiary alicyclic amines) is 1. The number of rotatable bonds is 9. The molecule has 3 aromatic heterocycles. The topological polar surface area (TPSA) is 105 Å². The zero-order valence-corrected chi connectivity index (χ0v) is 29.4. The molecule has 0 radical (unpaired) electrons. The van der Waals surface area contributed by atoms with Crippen LogP contribution in [0, 0.1) is 5.92 Å². The number of aromatic amines is 1. The fourth-order valence-electron chi connectivity index (χ4n) is 6.51. The van der Waals surface area contributed by atoms with Crippen molar-refractivity contribution in [1.29, 1.82) is 0 Å². The zero-order valence-electron chi connectivity index (χ0n) is 27.9. The number of anilines is 1. The molecule has 7 rings (SSSR count). The lowest BCUT2D eigenvalue weighted by Gasteiger charge is -2.20. The maximum atomic E-state index is 14.5. The van der Waals surface area contributed by atoms with Gasteiger partial charge in [0.1, 0.15) is 17.5 Å². The van der Waals surface area contributed by atoms with Crippen LogP contribution < -0.4 is 10.1 Å². The molecule has 0 spiro atoms. The molecule has 1 fully saturated rings. The highest BCUT2D eigenvalue weighted by atomic mass is 35.5. The van der Waals surface area contributed by atoms with Gasteiger partial charge in [0.15, 0.2) is 0 Å². The average Bonchev–Trinajstić information content (AvgIpc) is 3.86. The van der Waals surface area contributed by atoms with Crippen LogP contribution >= 0.6 is 23.2 Å². The molecular weight excluding hydrogens is 671 g/mol. The first-order valence-electron chi connectivity index (χ1n) is 16.6. The molecule has 2 amide bonds. The van der Waals surface area contributed by atoms with Crippen LogP contribution in [0.15, 0.2) is 97.5 Å². The van der Waals surface area contributed by atoms with Gasteiger partial charge in [-0.25, -0.2) is 9.97 Å². The number of halogens is 2. The van der Waals surface area contributed by atoms with Gasteiger partial charge in [-0.05, 0) is 48.9 Å². The van der Waals surface area contributed by atoms with Gasteiger partial charge in [0.25, 0.3) is 5.91 Å². The van der Waals surface area contributed by atoms with E-state index in [9.17, 15) is 9.59 Å². The second kappa shape index (κ2) is 14.0. The SMILES string of the molecule is CC(C)C(=O)N1CCC(Oc2ncccc2NC(=O)c2[nH]c3cc(Cl)ccc3c2-c2c(-c3ccccc3)ncn2C(C)c2ccc(Cl)cc2)C1. The molecule has 9 nitrogen and oxygen atoms in total. The van der Waals surface area contributed by atoms with E-state index in [4.69, 9.17) is 32.9 Å². The van der Waals surface area contributed by atoms with Crippen LogP contribution in [0.5, 0.6) is 5.88 Å². The predicted octanol–water partition coefficient (Wildman–Crippen LogP) is 8.90. The van der Waals surface area contributed by atoms with Crippen molar-refractivity contribution >= 4 is 51.6 Å². The van der Waals surface area contributed by atoms with E-state index in [1.54, 1.807) is 18.3 Å². The number of ether oxygens (including phenoxy) is 1. The van der Waals surface area contributed by atoms with Crippen LogP contribution in [0.4, 0.5) is 5.69 Å². The minimum absolute atomic E-state index is 0.0910. The van der Waals surface area contributed by atoms with Gasteiger partial charge < -0.3 is 24.5 Å². The molecular formula is C39H36Cl2N6O3. The zero-order chi connectivity index (χ0) is 34.9. The van der Waals surface area contributed by atoms with Crippen molar-refractivity contribution in [2.24, 2.45) is 5.92 Å². The molecule has 1 aliphatic heterocycles. The minimum atomic E-state index is -0.390. The van der Waals surface area contributed by atoms with Crippen molar-refractivity contribution in [2.45, 2.75) is 39.3 Å². The molecule has 1 aliphatic rings. The Bertz CT molecular complexity index is 2180. The number of carbonyl (C=O) groups is 2. The fraction of sp³-hybridized carbons (Fsp3) is 0.231. The van der Waals surface area contributed by atoms with Gasteiger partial charge in [-0.3, -0.25) is 9.59 Å². The van der Waals surface area contributed by atoms with E-state index in [0.29, 0.717) is 52.0 Å². The number of hydrogen-bond acceptors (Lipinski definition) is 5. The molecule has 6 aromatic rings. The summed E-state index contributed by atoms with van der Waals surface area (Å²) in [5.41, 5.74) is 5.55. The van der Waals surface area contributed by atoms with E-state index in [1.807, 2.05) is 97.9 Å². The number of H-pyrrole nitrogens is 1. The molecule has 2 atom stereocenters. The molecule has 2 unspecified atom stereocenters. The van der Waals surface area contributed by atoms with Crippen molar-refractivity contribution in [1.82, 2.24) is 24.4 Å². The Morgan fingerprint density at radius 3 is 2.46 bits per heavy atom. The van der Waals surface area contributed by atoms with Crippen LogP contribution in [0.25, 0.3) is 33.4 Å². The van der Waals surface area contributed by atoms with Gasteiger partial charge in [-0.15, -0.1) is 0 Å². The van der Waals surface area contributed by atoms with Gasteiger partial charge in [-0.2, -0.15) is 0 Å². The van der Waals surface area contributed by atoms with Crippen molar-refractivity contribution in [2.75, 3.05) is 18.4 Å². The number of amides is 2. The number of hydrogen-bond donors (Lipinski definition) is 2. The first-order chi connectivity index (χ1) is 24.2. The Labute approximate surface area is 300 Å². The molecule has 4 heterocycles. The Morgan fingerprint density at radius 1 is 0.940 bits per heavy atom. The number of nitrogens with one attached hydrogen (secondary N) is 2. The highest BCUT2D eigenvalue weighted by Crippen LogP contribution is 2.41. The van der Waals surface area contributed by atoms with E-state index in [2.05, 4.69) is 26.8 Å². The van der Waals surface area contributed by atoms with Crippen LogP contribution in [-0.2, 0) is 4.79 Å². The normalized spacial score (nSPS) is 15.1. The Balaban J connectivity index is 1.31. The third-order valence-corrected chi connectivity index (χ3v) is 9.57. The molecule has 0 bridgehead atoms. The van der Waals surface area contributed by atoms with Gasteiger partial charge >= 0.3 is 0 Å². The second-order valence-electron chi connectivity index (χ2n) is 12.8. The highest BCUT2D eigenvalue weighted by molar-refractivity contribution is 6.31. The summed E-state index contributed by atoms with van der Waals surface area (Å²) in [6.45, 7) is 6.95. The summed E-state index contributed by atoms with van der Waals surface area (Å²) in [6.07, 6.45) is 3.87. The average molecular weight is 708 g/mol. The maximum Gasteiger partial charge on any atom is 0.272 e. The largest absolute Gasteiger partial charge is 0.471 e. The van der Waals surface area contributed by atoms with E-state index >= 15 is 0 Å². The van der Waals surface area contributed by atoms with E-state index in [-0.39, 0.29) is 35.8 Å². The molecule has 3 aromatic carbocycles. The quantitative estimate of drug-likeness (QED) is 0.156. The fourth-order valence-corrected chi connectivity index (χ4v) is 6.81. The van der Waals surface area contributed by atoms with Crippen LogP contribution in [-0.4, -0.2) is 55.4 Å². The third kappa shape index (κ3) is 6.58. The van der Waals surface area contributed by atoms with Crippen LogP contribution in [0.1, 0.15) is 49.3 Å². The van der Waals surface area contributed by atoms with Crippen molar-refractivity contribution in [3.05, 3.63) is 119 Å². The van der Waals surface area contributed by atoms with Crippen molar-refractivity contribution in [3.8, 4) is 28.4 Å². The first kappa shape index (κ1) is 33.4. The maximum absolute atomic E-state index is 14.5. The molecule has 2 N–H and O–H groups in total. The number of nitrogens with zero attached hydrogens (tertiary/aromatic N) is 4. The number of imidazole rings is 1. The minimum Gasteiger partial charge on any atom is -0.471 e. The predicted molar refractivity (Wildman–Crippen MR) is 198 cm³/mol. The van der Waals surface area contributed by atoms with Crippen molar-refractivity contribution < 1.29 is 14.3 Å². The lowest BCUT2D eigenvalue weighted by Crippen LogP contribution is -2.34. The third-order valence-electron chi connectivity index (χ3n) is 9.08. The molecule has 0 aliphatic carbocycles. The monoisotopic (exact) mass is 706 g/mol. The summed E-state index contributed by atoms with van der Waals surface area (Å²) in [5.74, 6) is -0.0980. The lowest BCUT2D eigenvalue weighted by molar-refractivity contribution is -0.133. The number of fused-ring (bicyclic) bond motifs is 1. The first-order valence-corrected chi connectivity index (χ1v) is 17.3. The van der Waals surface area contributed by atoms with Gasteiger partial charge in [0, 0.05) is 57.2 Å². The standard InChI is InChI=1S/C39H36Cl2N6O3/c1-23(2)39(49)46-19-17-29(21-46)50-38-31(10-7-18-42-38)45-37(48)35-33(30-16-15-28(41)20-32(30)44-35)36-34(26-8-5-4-6-9-26)43-22-47(36)24(3)25-11-13-27(40)14-12-25/h4-16,18,20,22-24,29,44H,17,19,21H2,1-3H3,(H,45,48). The number of pyridine rings is 1. The van der Waals surface area contributed by atoms with Gasteiger partial charge in [0.2, 0.25) is 11.8 Å². The lowest BCUT2D eigenvalue weighted by atomic mass is 9.99. The highest BCUT2D eigenvalue weighted by Gasteiger charge is 2.31. The summed E-state index contributed by atoms with van der Waals surface area (Å²) in [6, 6.07) is 26.5. The van der Waals surface area contributed by atoms with Crippen molar-refractivity contribution in [3.63, 3.8) is 0 Å². The number of benzene rings is 3. The molecule has 1 saturated heterocycles. The number of carbonyl (C=O) groups excluding carboxylic acids is 2. The summed E-state index contributed by atoms with van der Waals surface area (Å²) in [4.78, 5) is 41.6. The smallest absolute Gasteiger partial charge is 0.272 e. The summed E-state index contributed by atoms with van der Waals surface area (Å²) < 4.78 is 8.38. The van der Waals surface area contributed by atoms with E-state index in [0.717, 1.165) is 27.9 Å². The Kier molecular flexibility index (Phi) is 9.35. The van der Waals surface area contributed by atoms with Gasteiger partial charge in [0.05, 0.1) is 30.3 Å². The molecule has 0 saturated carbocycles. The molecule has 11 heteroatoms. The van der Waals surface area contributed by atoms with Crippen LogP contribution in [0.2, 0.25) is 10.0 Å². The van der Waals surface area contributed by atoms with E-state index < -0.39 is 0 Å². The summed E-state index contributed by atoms with van der Waals surface area (Å²) in [5, 5.41) is 5.06. The summed E-state index contributed by atoms with van der Waals surface area (Å²) >= 11 is 12.7. The van der Waals surface area contributed by atoms with Crippen LogP contribution in [0.3, 0.4) is 0 Å². The van der Waals surface area contributed by atoms with Gasteiger partial charge in [-0.1, -0.05) is 85.6 Å².